The van der Waals surface area contributed by atoms with Crippen molar-refractivity contribution in [2.24, 2.45) is 5.10 Å². The topological polar surface area (TPSA) is 50.5 Å². The minimum atomic E-state index is -0.138. The molecular formula is C25H29BrN4O. The van der Waals surface area contributed by atoms with Crippen LogP contribution in [0.2, 0.25) is 0 Å². The summed E-state index contributed by atoms with van der Waals surface area (Å²) < 4.78 is 2.33. The zero-order valence-corrected chi connectivity index (χ0v) is 20.2. The Balaban J connectivity index is 1.79. The molecule has 5 nitrogen and oxygen atoms in total. The molecule has 1 aliphatic rings. The van der Waals surface area contributed by atoms with Crippen LogP contribution in [0, 0.1) is 13.8 Å². The van der Waals surface area contributed by atoms with Crippen LogP contribution >= 0.6 is 15.9 Å². The first-order valence-corrected chi connectivity index (χ1v) is 11.8. The second-order valence-corrected chi connectivity index (χ2v) is 9.41. The molecule has 162 valence electrons. The van der Waals surface area contributed by atoms with Crippen LogP contribution in [0.25, 0.3) is 10.9 Å². The lowest BCUT2D eigenvalue weighted by molar-refractivity contribution is 0.613. The van der Waals surface area contributed by atoms with E-state index >= 15 is 0 Å². The Kier molecular flexibility index (Phi) is 6.28. The van der Waals surface area contributed by atoms with Crippen LogP contribution in [-0.2, 0) is 0 Å². The van der Waals surface area contributed by atoms with Crippen molar-refractivity contribution in [3.8, 4) is 0 Å². The summed E-state index contributed by atoms with van der Waals surface area (Å²) in [6.07, 6.45) is 5.20. The first-order valence-electron chi connectivity index (χ1n) is 11.0. The smallest absolute Gasteiger partial charge is 0.282 e. The summed E-state index contributed by atoms with van der Waals surface area (Å²) in [5, 5.41) is 5.21. The number of hydrogen-bond acceptors (Lipinski definition) is 4. The van der Waals surface area contributed by atoms with Gasteiger partial charge in [0.05, 0.1) is 17.1 Å². The van der Waals surface area contributed by atoms with Gasteiger partial charge in [0.25, 0.3) is 5.56 Å². The molecule has 0 radical (unpaired) electrons. The summed E-state index contributed by atoms with van der Waals surface area (Å²) in [6, 6.07) is 10.0. The molecule has 31 heavy (non-hydrogen) atoms. The van der Waals surface area contributed by atoms with Crippen LogP contribution in [0.4, 0.5) is 5.69 Å². The minimum Gasteiger partial charge on any atom is -0.371 e. The first kappa shape index (κ1) is 21.8. The predicted molar refractivity (Wildman–Crippen MR) is 133 cm³/mol. The highest BCUT2D eigenvalue weighted by atomic mass is 79.9. The van der Waals surface area contributed by atoms with Crippen molar-refractivity contribution in [1.82, 2.24) is 9.66 Å². The number of fused-ring (bicyclic) bond motifs is 1. The van der Waals surface area contributed by atoms with Gasteiger partial charge in [0.1, 0.15) is 5.82 Å². The van der Waals surface area contributed by atoms with Crippen LogP contribution in [0.3, 0.4) is 0 Å². The van der Waals surface area contributed by atoms with Crippen LogP contribution in [0.5, 0.6) is 0 Å². The van der Waals surface area contributed by atoms with Crippen molar-refractivity contribution in [3.05, 3.63) is 67.7 Å². The lowest BCUT2D eigenvalue weighted by Crippen LogP contribution is -2.24. The second-order valence-electron chi connectivity index (χ2n) is 8.49. The standard InChI is InChI=1S/C25H29BrN4O/c1-5-16(2)24-28-22-9-8-20(26)14-21(22)25(31)30(24)27-15-19-12-18(4)23(13-17(19)3)29-10-6-7-11-29/h8-9,12-16H,5-7,10-11H2,1-4H3/t16-/m0/s1. The highest BCUT2D eigenvalue weighted by molar-refractivity contribution is 9.10. The minimum absolute atomic E-state index is 0.123. The summed E-state index contributed by atoms with van der Waals surface area (Å²) in [4.78, 5) is 20.6. The van der Waals surface area contributed by atoms with E-state index in [0.717, 1.165) is 35.1 Å². The molecule has 1 fully saturated rings. The van der Waals surface area contributed by atoms with Gasteiger partial charge in [-0.05, 0) is 80.1 Å². The third kappa shape index (κ3) is 4.31. The molecule has 0 unspecified atom stereocenters. The summed E-state index contributed by atoms with van der Waals surface area (Å²) in [6.45, 7) is 10.7. The van der Waals surface area contributed by atoms with Gasteiger partial charge in [0.15, 0.2) is 0 Å². The third-order valence-electron chi connectivity index (χ3n) is 6.23. The Hall–Kier alpha value is -2.47. The molecular weight excluding hydrogens is 452 g/mol. The number of aryl methyl sites for hydroxylation is 2. The van der Waals surface area contributed by atoms with E-state index in [1.807, 2.05) is 18.2 Å². The van der Waals surface area contributed by atoms with Gasteiger partial charge in [-0.25, -0.2) is 4.98 Å². The van der Waals surface area contributed by atoms with E-state index in [9.17, 15) is 4.79 Å². The van der Waals surface area contributed by atoms with Crippen molar-refractivity contribution in [1.29, 1.82) is 0 Å². The van der Waals surface area contributed by atoms with Crippen LogP contribution in [0.15, 0.2) is 44.7 Å². The van der Waals surface area contributed by atoms with E-state index in [2.05, 4.69) is 65.8 Å². The van der Waals surface area contributed by atoms with Gasteiger partial charge in [0, 0.05) is 29.2 Å². The quantitative estimate of drug-likeness (QED) is 0.435. The SMILES string of the molecule is CC[C@H](C)c1nc2ccc(Br)cc2c(=O)n1N=Cc1cc(C)c(N2CCCC2)cc1C. The Labute approximate surface area is 191 Å². The maximum atomic E-state index is 13.3. The van der Waals surface area contributed by atoms with Crippen molar-refractivity contribution in [2.45, 2.75) is 52.9 Å². The average Bonchev–Trinajstić information content (AvgIpc) is 3.29. The van der Waals surface area contributed by atoms with Crippen LogP contribution in [-0.4, -0.2) is 29.0 Å². The fraction of sp³-hybridized carbons (Fsp3) is 0.400. The molecule has 1 saturated heterocycles. The van der Waals surface area contributed by atoms with E-state index in [4.69, 9.17) is 4.98 Å². The molecule has 0 amide bonds. The second kappa shape index (κ2) is 8.95. The molecule has 2 aromatic carbocycles. The number of hydrogen-bond donors (Lipinski definition) is 0. The zero-order chi connectivity index (χ0) is 22.1. The lowest BCUT2D eigenvalue weighted by atomic mass is 10.0. The molecule has 2 heterocycles. The maximum absolute atomic E-state index is 13.3. The van der Waals surface area contributed by atoms with Crippen molar-refractivity contribution in [3.63, 3.8) is 0 Å². The molecule has 1 aliphatic heterocycles. The number of anilines is 1. The molecule has 4 rings (SSSR count). The van der Waals surface area contributed by atoms with Gasteiger partial charge in [-0.3, -0.25) is 4.79 Å². The number of benzene rings is 2. The molecule has 0 bridgehead atoms. The van der Waals surface area contributed by atoms with Gasteiger partial charge in [0.2, 0.25) is 0 Å². The van der Waals surface area contributed by atoms with Crippen molar-refractivity contribution >= 4 is 38.7 Å². The van der Waals surface area contributed by atoms with E-state index < -0.39 is 0 Å². The Morgan fingerprint density at radius 2 is 1.90 bits per heavy atom. The molecule has 1 aromatic heterocycles. The maximum Gasteiger partial charge on any atom is 0.282 e. The molecule has 0 saturated carbocycles. The highest BCUT2D eigenvalue weighted by Gasteiger charge is 2.17. The van der Waals surface area contributed by atoms with E-state index in [1.54, 1.807) is 6.21 Å². The van der Waals surface area contributed by atoms with Crippen LogP contribution in [0.1, 0.15) is 61.5 Å². The van der Waals surface area contributed by atoms with Gasteiger partial charge < -0.3 is 4.90 Å². The number of halogens is 1. The fourth-order valence-electron chi connectivity index (χ4n) is 4.16. The Morgan fingerprint density at radius 3 is 2.61 bits per heavy atom. The van der Waals surface area contributed by atoms with Crippen LogP contribution < -0.4 is 10.5 Å². The number of nitrogens with zero attached hydrogens (tertiary/aromatic N) is 4. The van der Waals surface area contributed by atoms with Gasteiger partial charge in [-0.2, -0.15) is 9.78 Å². The summed E-state index contributed by atoms with van der Waals surface area (Å²) >= 11 is 3.46. The predicted octanol–water partition coefficient (Wildman–Crippen LogP) is 5.77. The lowest BCUT2D eigenvalue weighted by Gasteiger charge is -2.21. The van der Waals surface area contributed by atoms with Gasteiger partial charge in [-0.15, -0.1) is 0 Å². The molecule has 0 spiro atoms. The van der Waals surface area contributed by atoms with Crippen molar-refractivity contribution < 1.29 is 0 Å². The molecule has 0 N–H and O–H groups in total. The van der Waals surface area contributed by atoms with Crippen molar-refractivity contribution in [2.75, 3.05) is 18.0 Å². The molecule has 0 aliphatic carbocycles. The largest absolute Gasteiger partial charge is 0.371 e. The molecule has 3 aromatic rings. The molecule has 6 heteroatoms. The third-order valence-corrected chi connectivity index (χ3v) is 6.72. The van der Waals surface area contributed by atoms with E-state index in [0.29, 0.717) is 16.7 Å². The summed E-state index contributed by atoms with van der Waals surface area (Å²) in [5.74, 6) is 0.819. The fourth-order valence-corrected chi connectivity index (χ4v) is 4.52. The monoisotopic (exact) mass is 480 g/mol. The van der Waals surface area contributed by atoms with Gasteiger partial charge in [-0.1, -0.05) is 29.8 Å². The molecule has 1 atom stereocenters. The summed E-state index contributed by atoms with van der Waals surface area (Å²) in [5.41, 5.74) is 5.30. The number of rotatable bonds is 5. The highest BCUT2D eigenvalue weighted by Crippen LogP contribution is 2.27. The normalized spacial score (nSPS) is 15.3. The summed E-state index contributed by atoms with van der Waals surface area (Å²) in [7, 11) is 0. The number of aromatic nitrogens is 2. The Bertz CT molecular complexity index is 1210. The Morgan fingerprint density at radius 1 is 1.16 bits per heavy atom. The van der Waals surface area contributed by atoms with Gasteiger partial charge >= 0.3 is 0 Å². The first-order chi connectivity index (χ1) is 14.9. The van der Waals surface area contributed by atoms with E-state index in [1.165, 1.54) is 28.8 Å². The average molecular weight is 481 g/mol. The zero-order valence-electron chi connectivity index (χ0n) is 18.7. The van der Waals surface area contributed by atoms with E-state index in [-0.39, 0.29) is 11.5 Å².